The van der Waals surface area contributed by atoms with E-state index in [1.165, 1.54) is 0 Å². The van der Waals surface area contributed by atoms with Crippen LogP contribution in [-0.2, 0) is 16.0 Å². The van der Waals surface area contributed by atoms with Crippen LogP contribution in [0.25, 0.3) is 0 Å². The van der Waals surface area contributed by atoms with E-state index in [1.54, 1.807) is 29.2 Å². The fraction of sp³-hybridized carbons (Fsp3) is 0.192. The van der Waals surface area contributed by atoms with E-state index in [9.17, 15) is 14.4 Å². The highest BCUT2D eigenvalue weighted by atomic mass is 16.5. The van der Waals surface area contributed by atoms with Crippen molar-refractivity contribution >= 4 is 29.2 Å². The molecule has 3 aromatic carbocycles. The second-order valence-electron chi connectivity index (χ2n) is 8.03. The molecule has 2 aliphatic rings. The van der Waals surface area contributed by atoms with Gasteiger partial charge in [0.05, 0.1) is 5.56 Å². The zero-order valence-electron chi connectivity index (χ0n) is 17.4. The fourth-order valence-electron chi connectivity index (χ4n) is 4.27. The predicted molar refractivity (Wildman–Crippen MR) is 121 cm³/mol. The molecular weight excluding hydrogens is 404 g/mol. The van der Waals surface area contributed by atoms with Gasteiger partial charge in [-0.3, -0.25) is 9.59 Å². The number of hydrogen-bond acceptors (Lipinski definition) is 4. The van der Waals surface area contributed by atoms with Crippen LogP contribution in [0.1, 0.15) is 50.8 Å². The molecule has 5 rings (SSSR count). The van der Waals surface area contributed by atoms with Crippen LogP contribution in [0.3, 0.4) is 0 Å². The summed E-state index contributed by atoms with van der Waals surface area (Å²) in [5.74, 6) is -0.550. The van der Waals surface area contributed by atoms with Crippen LogP contribution < -0.4 is 10.2 Å². The van der Waals surface area contributed by atoms with Gasteiger partial charge in [-0.25, -0.2) is 4.79 Å². The summed E-state index contributed by atoms with van der Waals surface area (Å²) in [4.78, 5) is 39.2. The molecule has 1 fully saturated rings. The summed E-state index contributed by atoms with van der Waals surface area (Å²) in [6.07, 6.45) is 1.54. The van der Waals surface area contributed by atoms with Crippen molar-refractivity contribution in [3.63, 3.8) is 0 Å². The minimum Gasteiger partial charge on any atom is -0.454 e. The summed E-state index contributed by atoms with van der Waals surface area (Å²) in [5.41, 5.74) is 4.07. The number of fused-ring (bicyclic) bond motifs is 1. The first kappa shape index (κ1) is 20.0. The molecule has 160 valence electrons. The van der Waals surface area contributed by atoms with Crippen molar-refractivity contribution < 1.29 is 19.1 Å². The van der Waals surface area contributed by atoms with Crippen molar-refractivity contribution in [1.82, 2.24) is 0 Å². The normalized spacial score (nSPS) is 17.6. The third-order valence-electron chi connectivity index (χ3n) is 5.90. The molecule has 1 unspecified atom stereocenters. The van der Waals surface area contributed by atoms with Gasteiger partial charge in [-0.15, -0.1) is 0 Å². The standard InChI is InChI=1S/C26H22N2O4/c29-24-10-5-13-28(24)21-9-4-8-20(16-21)27-25(30)18-11-12-22-19(14-18)15-23(32-26(22)31)17-6-2-1-3-7-17/h1-4,6-9,11-12,14,16,23H,5,10,13,15H2,(H,27,30). The van der Waals surface area contributed by atoms with E-state index >= 15 is 0 Å². The van der Waals surface area contributed by atoms with Gasteiger partial charge < -0.3 is 15.0 Å². The highest BCUT2D eigenvalue weighted by Crippen LogP contribution is 2.31. The van der Waals surface area contributed by atoms with Crippen LogP contribution in [0.15, 0.2) is 72.8 Å². The number of esters is 1. The molecule has 0 aromatic heterocycles. The van der Waals surface area contributed by atoms with Crippen molar-refractivity contribution in [3.05, 3.63) is 95.1 Å². The van der Waals surface area contributed by atoms with E-state index in [0.717, 1.165) is 23.2 Å². The third kappa shape index (κ3) is 3.87. The Balaban J connectivity index is 1.36. The summed E-state index contributed by atoms with van der Waals surface area (Å²) in [6, 6.07) is 21.9. The number of cyclic esters (lactones) is 1. The summed E-state index contributed by atoms with van der Waals surface area (Å²) in [5, 5.41) is 2.90. The first-order valence-electron chi connectivity index (χ1n) is 10.7. The zero-order valence-corrected chi connectivity index (χ0v) is 17.4. The van der Waals surface area contributed by atoms with Crippen LogP contribution >= 0.6 is 0 Å². The van der Waals surface area contributed by atoms with E-state index < -0.39 is 0 Å². The maximum Gasteiger partial charge on any atom is 0.339 e. The van der Waals surface area contributed by atoms with Gasteiger partial charge in [0.15, 0.2) is 0 Å². The van der Waals surface area contributed by atoms with Crippen molar-refractivity contribution in [2.45, 2.75) is 25.4 Å². The van der Waals surface area contributed by atoms with Crippen molar-refractivity contribution in [1.29, 1.82) is 0 Å². The molecule has 0 aliphatic carbocycles. The van der Waals surface area contributed by atoms with Gasteiger partial charge in [0.2, 0.25) is 5.91 Å². The quantitative estimate of drug-likeness (QED) is 0.623. The Morgan fingerprint density at radius 1 is 0.969 bits per heavy atom. The molecule has 2 amide bonds. The van der Waals surface area contributed by atoms with Crippen molar-refractivity contribution in [3.8, 4) is 0 Å². The summed E-state index contributed by atoms with van der Waals surface area (Å²) < 4.78 is 5.59. The lowest BCUT2D eigenvalue weighted by Crippen LogP contribution is -2.24. The van der Waals surface area contributed by atoms with Crippen LogP contribution in [0.2, 0.25) is 0 Å². The van der Waals surface area contributed by atoms with Crippen LogP contribution in [-0.4, -0.2) is 24.3 Å². The molecule has 32 heavy (non-hydrogen) atoms. The van der Waals surface area contributed by atoms with Crippen molar-refractivity contribution in [2.24, 2.45) is 0 Å². The maximum absolute atomic E-state index is 12.9. The molecule has 6 nitrogen and oxygen atoms in total. The minimum absolute atomic E-state index is 0.100. The van der Waals surface area contributed by atoms with E-state index in [4.69, 9.17) is 4.74 Å². The number of nitrogens with zero attached hydrogens (tertiary/aromatic N) is 1. The SMILES string of the molecule is O=C(Nc1cccc(N2CCCC2=O)c1)c1ccc2c(c1)CC(c1ccccc1)OC2=O. The first-order valence-corrected chi connectivity index (χ1v) is 10.7. The molecule has 0 saturated carbocycles. The Hall–Kier alpha value is -3.93. The highest BCUT2D eigenvalue weighted by molar-refractivity contribution is 6.06. The largest absolute Gasteiger partial charge is 0.454 e. The second-order valence-corrected chi connectivity index (χ2v) is 8.03. The molecule has 1 saturated heterocycles. The summed E-state index contributed by atoms with van der Waals surface area (Å²) in [7, 11) is 0. The molecule has 0 spiro atoms. The number of amides is 2. The van der Waals surface area contributed by atoms with Gasteiger partial charge >= 0.3 is 5.97 Å². The molecule has 6 heteroatoms. The van der Waals surface area contributed by atoms with Gasteiger partial charge in [0.25, 0.3) is 5.91 Å². The molecule has 1 N–H and O–H groups in total. The van der Waals surface area contributed by atoms with Gasteiger partial charge in [0.1, 0.15) is 6.10 Å². The predicted octanol–water partition coefficient (Wildman–Crippen LogP) is 4.52. The Morgan fingerprint density at radius 3 is 2.59 bits per heavy atom. The van der Waals surface area contributed by atoms with Crippen molar-refractivity contribution in [2.75, 3.05) is 16.8 Å². The molecule has 1 atom stereocenters. The first-order chi connectivity index (χ1) is 15.6. The number of anilines is 2. The van der Waals surface area contributed by atoms with E-state index in [-0.39, 0.29) is 23.9 Å². The number of rotatable bonds is 4. The van der Waals surface area contributed by atoms with Crippen LogP contribution in [0.5, 0.6) is 0 Å². The monoisotopic (exact) mass is 426 g/mol. The summed E-state index contributed by atoms with van der Waals surface area (Å²) in [6.45, 7) is 0.694. The van der Waals surface area contributed by atoms with E-state index in [2.05, 4.69) is 5.32 Å². The Morgan fingerprint density at radius 2 is 1.81 bits per heavy atom. The fourth-order valence-corrected chi connectivity index (χ4v) is 4.27. The zero-order chi connectivity index (χ0) is 22.1. The van der Waals surface area contributed by atoms with E-state index in [0.29, 0.717) is 36.2 Å². The maximum atomic E-state index is 12.9. The van der Waals surface area contributed by atoms with E-state index in [1.807, 2.05) is 48.5 Å². The second kappa shape index (κ2) is 8.30. The number of carbonyl (C=O) groups excluding carboxylic acids is 3. The minimum atomic E-state index is -0.380. The molecule has 0 bridgehead atoms. The molecule has 2 aliphatic heterocycles. The summed E-state index contributed by atoms with van der Waals surface area (Å²) >= 11 is 0. The lowest BCUT2D eigenvalue weighted by atomic mass is 9.93. The van der Waals surface area contributed by atoms with Gasteiger partial charge in [-0.2, -0.15) is 0 Å². The Kier molecular flexibility index (Phi) is 5.19. The molecule has 0 radical (unpaired) electrons. The molecule has 3 aromatic rings. The lowest BCUT2D eigenvalue weighted by Gasteiger charge is -2.25. The molecule has 2 heterocycles. The average Bonchev–Trinajstić information content (AvgIpc) is 3.25. The van der Waals surface area contributed by atoms with Gasteiger partial charge in [-0.1, -0.05) is 36.4 Å². The van der Waals surface area contributed by atoms with Crippen LogP contribution in [0, 0.1) is 0 Å². The number of nitrogens with one attached hydrogen (secondary N) is 1. The number of hydrogen-bond donors (Lipinski definition) is 1. The number of benzene rings is 3. The topological polar surface area (TPSA) is 75.7 Å². The van der Waals surface area contributed by atoms with Gasteiger partial charge in [-0.05, 0) is 53.9 Å². The molecular formula is C26H22N2O4. The lowest BCUT2D eigenvalue weighted by molar-refractivity contribution is -0.117. The number of carbonyl (C=O) groups is 3. The van der Waals surface area contributed by atoms with Gasteiger partial charge in [0, 0.05) is 36.3 Å². The van der Waals surface area contributed by atoms with Crippen LogP contribution in [0.4, 0.5) is 11.4 Å². The Bertz CT molecular complexity index is 1210. The highest BCUT2D eigenvalue weighted by Gasteiger charge is 2.28. The third-order valence-corrected chi connectivity index (χ3v) is 5.90. The number of ether oxygens (including phenoxy) is 1. The average molecular weight is 426 g/mol. The Labute approximate surface area is 185 Å². The smallest absolute Gasteiger partial charge is 0.339 e.